The van der Waals surface area contributed by atoms with Crippen LogP contribution in [0.2, 0.25) is 5.02 Å². The van der Waals surface area contributed by atoms with Gasteiger partial charge in [-0.1, -0.05) is 47.5 Å². The van der Waals surface area contributed by atoms with E-state index in [2.05, 4.69) is 36.5 Å². The Hall–Kier alpha value is -2.37. The molecule has 0 spiro atoms. The Balaban J connectivity index is 1.50. The molecule has 0 radical (unpaired) electrons. The number of halogens is 1. The van der Waals surface area contributed by atoms with Crippen molar-refractivity contribution in [3.63, 3.8) is 0 Å². The first-order chi connectivity index (χ1) is 13.0. The number of aryl methyl sites for hydroxylation is 1. The summed E-state index contributed by atoms with van der Waals surface area (Å²) in [7, 11) is 0. The Morgan fingerprint density at radius 1 is 1.19 bits per heavy atom. The minimum atomic E-state index is -0.101. The van der Waals surface area contributed by atoms with Crippen LogP contribution in [0.3, 0.4) is 0 Å². The molecular formula is C21H20ClN3OS. The van der Waals surface area contributed by atoms with Crippen molar-refractivity contribution in [3.8, 4) is 10.6 Å². The average molecular weight is 398 g/mol. The zero-order chi connectivity index (χ0) is 19.0. The fraction of sp³-hybridized carbons (Fsp3) is 0.238. The van der Waals surface area contributed by atoms with E-state index in [9.17, 15) is 4.79 Å². The lowest BCUT2D eigenvalue weighted by Crippen LogP contribution is -2.38. The molecule has 27 heavy (non-hydrogen) atoms. The number of hydrogen-bond acceptors (Lipinski definition) is 3. The number of amides is 2. The summed E-state index contributed by atoms with van der Waals surface area (Å²) < 4.78 is 0. The summed E-state index contributed by atoms with van der Waals surface area (Å²) in [6.07, 6.45) is 0.777. The van der Waals surface area contributed by atoms with E-state index in [4.69, 9.17) is 16.6 Å². The Labute approximate surface area is 167 Å². The molecule has 0 bridgehead atoms. The van der Waals surface area contributed by atoms with E-state index in [-0.39, 0.29) is 6.03 Å². The second kappa shape index (κ2) is 7.33. The van der Waals surface area contributed by atoms with E-state index >= 15 is 0 Å². The van der Waals surface area contributed by atoms with Crippen LogP contribution in [-0.2, 0) is 13.0 Å². The number of carbonyl (C=O) groups excluding carboxylic acids is 1. The Kier molecular flexibility index (Phi) is 4.89. The van der Waals surface area contributed by atoms with E-state index in [1.165, 1.54) is 5.56 Å². The van der Waals surface area contributed by atoms with Crippen molar-refractivity contribution in [3.05, 3.63) is 69.2 Å². The third-order valence-corrected chi connectivity index (χ3v) is 6.37. The average Bonchev–Trinajstić information content (AvgIpc) is 3.09. The summed E-state index contributed by atoms with van der Waals surface area (Å²) in [6.45, 7) is 5.23. The van der Waals surface area contributed by atoms with Crippen LogP contribution in [0.15, 0.2) is 42.5 Å². The Morgan fingerprint density at radius 3 is 2.74 bits per heavy atom. The number of anilines is 1. The molecule has 1 N–H and O–H groups in total. The van der Waals surface area contributed by atoms with E-state index in [1.807, 2.05) is 30.0 Å². The highest BCUT2D eigenvalue weighted by Crippen LogP contribution is 2.32. The molecule has 4 rings (SSSR count). The van der Waals surface area contributed by atoms with Gasteiger partial charge in [0.05, 0.1) is 12.2 Å². The summed E-state index contributed by atoms with van der Waals surface area (Å²) in [5.74, 6) is 0. The predicted molar refractivity (Wildman–Crippen MR) is 112 cm³/mol. The fourth-order valence-electron chi connectivity index (χ4n) is 3.13. The van der Waals surface area contributed by atoms with Crippen molar-refractivity contribution in [2.24, 2.45) is 0 Å². The van der Waals surface area contributed by atoms with Crippen LogP contribution in [0, 0.1) is 13.8 Å². The number of rotatable bonds is 2. The fourth-order valence-corrected chi connectivity index (χ4v) is 4.43. The van der Waals surface area contributed by atoms with Gasteiger partial charge < -0.3 is 10.2 Å². The highest BCUT2D eigenvalue weighted by molar-refractivity contribution is 7.15. The van der Waals surface area contributed by atoms with Crippen molar-refractivity contribution in [2.45, 2.75) is 26.8 Å². The van der Waals surface area contributed by atoms with Crippen molar-refractivity contribution in [1.29, 1.82) is 0 Å². The van der Waals surface area contributed by atoms with Gasteiger partial charge in [0.1, 0.15) is 5.01 Å². The van der Waals surface area contributed by atoms with Gasteiger partial charge in [-0.05, 0) is 31.5 Å². The molecule has 3 aromatic rings. The van der Waals surface area contributed by atoms with E-state index in [0.29, 0.717) is 18.1 Å². The first kappa shape index (κ1) is 18.0. The van der Waals surface area contributed by atoms with E-state index in [1.54, 1.807) is 11.3 Å². The first-order valence-corrected chi connectivity index (χ1v) is 10.1. The summed E-state index contributed by atoms with van der Waals surface area (Å²) in [5, 5.41) is 4.66. The molecule has 2 heterocycles. The molecule has 4 nitrogen and oxygen atoms in total. The first-order valence-electron chi connectivity index (χ1n) is 8.88. The molecule has 2 amide bonds. The standard InChI is InChI=1S/C21H20ClN3OS/c1-13-6-8-15(9-7-13)20-23-18-10-11-25(12-19(18)27-20)21(26)24-17-5-3-4-16(22)14(17)2/h3-9H,10-12H2,1-2H3,(H,24,26). The van der Waals surface area contributed by atoms with Gasteiger partial charge in [0.15, 0.2) is 0 Å². The van der Waals surface area contributed by atoms with Crippen LogP contribution in [0.5, 0.6) is 0 Å². The molecule has 2 aromatic carbocycles. The highest BCUT2D eigenvalue weighted by Gasteiger charge is 2.24. The van der Waals surface area contributed by atoms with Crippen molar-refractivity contribution in [1.82, 2.24) is 9.88 Å². The third kappa shape index (κ3) is 3.70. The SMILES string of the molecule is Cc1ccc(-c2nc3c(s2)CN(C(=O)Nc2cccc(Cl)c2C)CC3)cc1. The molecule has 138 valence electrons. The number of nitrogens with zero attached hydrogens (tertiary/aromatic N) is 2. The van der Waals surface area contributed by atoms with Gasteiger partial charge in [0, 0.05) is 34.1 Å². The summed E-state index contributed by atoms with van der Waals surface area (Å²) >= 11 is 7.82. The normalized spacial score (nSPS) is 13.4. The lowest BCUT2D eigenvalue weighted by molar-refractivity contribution is 0.207. The van der Waals surface area contributed by atoms with Gasteiger partial charge in [0.25, 0.3) is 0 Å². The maximum absolute atomic E-state index is 12.7. The predicted octanol–water partition coefficient (Wildman–Crippen LogP) is 5.67. The largest absolute Gasteiger partial charge is 0.322 e. The van der Waals surface area contributed by atoms with Gasteiger partial charge in [0.2, 0.25) is 0 Å². The van der Waals surface area contributed by atoms with Gasteiger partial charge in [-0.2, -0.15) is 0 Å². The Bertz CT molecular complexity index is 997. The summed E-state index contributed by atoms with van der Waals surface area (Å²) in [4.78, 5) is 20.5. The van der Waals surface area contributed by atoms with Crippen LogP contribution in [0.25, 0.3) is 10.6 Å². The number of fused-ring (bicyclic) bond motifs is 1. The zero-order valence-electron chi connectivity index (χ0n) is 15.3. The van der Waals surface area contributed by atoms with Crippen LogP contribution in [0.1, 0.15) is 21.7 Å². The molecule has 0 unspecified atom stereocenters. The molecule has 6 heteroatoms. The lowest BCUT2D eigenvalue weighted by Gasteiger charge is -2.26. The maximum atomic E-state index is 12.7. The lowest BCUT2D eigenvalue weighted by atomic mass is 10.1. The summed E-state index contributed by atoms with van der Waals surface area (Å²) in [6, 6.07) is 13.8. The van der Waals surface area contributed by atoms with Gasteiger partial charge >= 0.3 is 6.03 Å². The second-order valence-electron chi connectivity index (χ2n) is 6.77. The summed E-state index contributed by atoms with van der Waals surface area (Å²) in [5.41, 5.74) is 5.11. The van der Waals surface area contributed by atoms with Crippen molar-refractivity contribution in [2.75, 3.05) is 11.9 Å². The number of carbonyl (C=O) groups is 1. The molecule has 1 aliphatic heterocycles. The minimum absolute atomic E-state index is 0.101. The topological polar surface area (TPSA) is 45.2 Å². The monoisotopic (exact) mass is 397 g/mol. The molecule has 0 aliphatic carbocycles. The van der Waals surface area contributed by atoms with Gasteiger partial charge in [-0.25, -0.2) is 9.78 Å². The smallest absolute Gasteiger partial charge is 0.319 e. The Morgan fingerprint density at radius 2 is 1.96 bits per heavy atom. The van der Waals surface area contributed by atoms with Gasteiger partial charge in [-0.3, -0.25) is 0 Å². The highest BCUT2D eigenvalue weighted by atomic mass is 35.5. The maximum Gasteiger partial charge on any atom is 0.322 e. The molecular weight excluding hydrogens is 378 g/mol. The van der Waals surface area contributed by atoms with Crippen LogP contribution in [0.4, 0.5) is 10.5 Å². The molecule has 1 aliphatic rings. The van der Waals surface area contributed by atoms with Crippen LogP contribution < -0.4 is 5.32 Å². The third-order valence-electron chi connectivity index (χ3n) is 4.83. The number of hydrogen-bond donors (Lipinski definition) is 1. The van der Waals surface area contributed by atoms with Gasteiger partial charge in [-0.15, -0.1) is 11.3 Å². The number of urea groups is 1. The quantitative estimate of drug-likeness (QED) is 0.605. The van der Waals surface area contributed by atoms with Crippen LogP contribution in [-0.4, -0.2) is 22.5 Å². The molecule has 0 fully saturated rings. The molecule has 1 aromatic heterocycles. The van der Waals surface area contributed by atoms with E-state index < -0.39 is 0 Å². The minimum Gasteiger partial charge on any atom is -0.319 e. The second-order valence-corrected chi connectivity index (χ2v) is 8.26. The zero-order valence-corrected chi connectivity index (χ0v) is 16.8. The molecule has 0 atom stereocenters. The van der Waals surface area contributed by atoms with E-state index in [0.717, 1.165) is 38.8 Å². The number of nitrogens with one attached hydrogen (secondary N) is 1. The molecule has 0 saturated heterocycles. The number of benzene rings is 2. The molecule has 0 saturated carbocycles. The van der Waals surface area contributed by atoms with Crippen molar-refractivity contribution < 1.29 is 4.79 Å². The van der Waals surface area contributed by atoms with Crippen LogP contribution >= 0.6 is 22.9 Å². The number of aromatic nitrogens is 1. The van der Waals surface area contributed by atoms with Crippen molar-refractivity contribution >= 4 is 34.7 Å². The number of thiazole rings is 1.